The number of carbonyl (C=O) groups is 2. The molecule has 160 valence electrons. The Hall–Kier alpha value is -1.93. The van der Waals surface area contributed by atoms with E-state index in [-0.39, 0.29) is 24.4 Å². The zero-order valence-corrected chi connectivity index (χ0v) is 18.3. The molecule has 2 aliphatic heterocycles. The lowest BCUT2D eigenvalue weighted by Crippen LogP contribution is -2.55. The van der Waals surface area contributed by atoms with Gasteiger partial charge < -0.3 is 15.0 Å². The largest absolute Gasteiger partial charge is 0.444 e. The number of hydrogen-bond donors (Lipinski definition) is 1. The van der Waals surface area contributed by atoms with Crippen LogP contribution in [0.15, 0.2) is 6.07 Å². The summed E-state index contributed by atoms with van der Waals surface area (Å²) in [6.45, 7) is 9.94. The number of amides is 2. The van der Waals surface area contributed by atoms with Gasteiger partial charge >= 0.3 is 6.09 Å². The molecule has 29 heavy (non-hydrogen) atoms. The molecule has 9 heteroatoms. The summed E-state index contributed by atoms with van der Waals surface area (Å²) >= 11 is 6.20. The molecule has 0 aromatic carbocycles. The maximum absolute atomic E-state index is 13.1. The fourth-order valence-corrected chi connectivity index (χ4v) is 4.22. The zero-order chi connectivity index (χ0) is 21.2. The van der Waals surface area contributed by atoms with Crippen LogP contribution in [0.2, 0.25) is 5.15 Å². The van der Waals surface area contributed by atoms with Crippen molar-refractivity contribution in [3.63, 3.8) is 0 Å². The predicted molar refractivity (Wildman–Crippen MR) is 110 cm³/mol. The van der Waals surface area contributed by atoms with E-state index in [9.17, 15) is 9.59 Å². The van der Waals surface area contributed by atoms with Crippen LogP contribution in [0.1, 0.15) is 51.2 Å². The van der Waals surface area contributed by atoms with Crippen molar-refractivity contribution < 1.29 is 14.3 Å². The molecule has 8 nitrogen and oxygen atoms in total. The topological polar surface area (TPSA) is 87.7 Å². The summed E-state index contributed by atoms with van der Waals surface area (Å²) in [5.41, 5.74) is 0.179. The number of nitrogens with one attached hydrogen (secondary N) is 1. The van der Waals surface area contributed by atoms with Crippen LogP contribution in [0.5, 0.6) is 0 Å². The van der Waals surface area contributed by atoms with Crippen molar-refractivity contribution in [2.45, 2.75) is 52.2 Å². The van der Waals surface area contributed by atoms with Gasteiger partial charge in [-0.2, -0.15) is 0 Å². The fraction of sp³-hybridized carbons (Fsp3) is 0.700. The highest BCUT2D eigenvalue weighted by Gasteiger charge is 2.38. The van der Waals surface area contributed by atoms with Gasteiger partial charge in [-0.1, -0.05) is 11.6 Å². The molecule has 1 aromatic rings. The van der Waals surface area contributed by atoms with Crippen LogP contribution in [-0.2, 0) is 9.53 Å². The summed E-state index contributed by atoms with van der Waals surface area (Å²) in [5.74, 6) is 0.767. The number of nitrogens with zero attached hydrogens (tertiary/aromatic N) is 4. The zero-order valence-electron chi connectivity index (χ0n) is 17.6. The van der Waals surface area contributed by atoms with Gasteiger partial charge in [0.05, 0.1) is 11.7 Å². The molecular weight excluding hydrogens is 394 g/mol. The van der Waals surface area contributed by atoms with Crippen LogP contribution in [-0.4, -0.2) is 70.1 Å². The normalized spacial score (nSPS) is 20.0. The van der Waals surface area contributed by atoms with Crippen molar-refractivity contribution >= 4 is 23.6 Å². The molecule has 0 spiro atoms. The van der Waals surface area contributed by atoms with Gasteiger partial charge in [-0.3, -0.25) is 9.69 Å². The van der Waals surface area contributed by atoms with E-state index < -0.39 is 11.7 Å². The molecule has 1 aromatic heterocycles. The lowest BCUT2D eigenvalue weighted by atomic mass is 9.86. The van der Waals surface area contributed by atoms with Crippen LogP contribution in [0.4, 0.5) is 4.79 Å². The Bertz CT molecular complexity index is 741. The molecule has 1 unspecified atom stereocenters. The van der Waals surface area contributed by atoms with Crippen molar-refractivity contribution in [3.8, 4) is 0 Å². The van der Waals surface area contributed by atoms with Gasteiger partial charge in [-0.05, 0) is 65.6 Å². The minimum atomic E-state index is -0.593. The molecule has 2 amide bonds. The van der Waals surface area contributed by atoms with Crippen molar-refractivity contribution in [1.82, 2.24) is 25.1 Å². The van der Waals surface area contributed by atoms with Crippen molar-refractivity contribution in [2.75, 3.05) is 32.7 Å². The number of hydrogen-bond acceptors (Lipinski definition) is 6. The Morgan fingerprint density at radius 1 is 1.28 bits per heavy atom. The highest BCUT2D eigenvalue weighted by atomic mass is 35.5. The van der Waals surface area contributed by atoms with Crippen LogP contribution in [0.3, 0.4) is 0 Å². The van der Waals surface area contributed by atoms with Gasteiger partial charge in [-0.15, -0.1) is 0 Å². The third-order valence-electron chi connectivity index (χ3n) is 5.20. The summed E-state index contributed by atoms with van der Waals surface area (Å²) in [6.07, 6.45) is 1.44. The molecule has 0 bridgehead atoms. The Kier molecular flexibility index (Phi) is 6.63. The number of rotatable bonds is 3. The van der Waals surface area contributed by atoms with E-state index in [1.165, 1.54) is 4.90 Å². The van der Waals surface area contributed by atoms with Crippen LogP contribution >= 0.6 is 11.6 Å². The van der Waals surface area contributed by atoms with Crippen molar-refractivity contribution in [3.05, 3.63) is 22.7 Å². The van der Waals surface area contributed by atoms with E-state index in [4.69, 9.17) is 16.3 Å². The van der Waals surface area contributed by atoms with E-state index in [0.29, 0.717) is 24.1 Å². The van der Waals surface area contributed by atoms with Crippen molar-refractivity contribution in [2.24, 2.45) is 5.92 Å². The number of aromatic nitrogens is 2. The quantitative estimate of drug-likeness (QED) is 0.752. The van der Waals surface area contributed by atoms with Gasteiger partial charge in [0.25, 0.3) is 0 Å². The van der Waals surface area contributed by atoms with Crippen LogP contribution in [0.25, 0.3) is 0 Å². The number of piperazine rings is 1. The highest BCUT2D eigenvalue weighted by molar-refractivity contribution is 6.29. The van der Waals surface area contributed by atoms with E-state index in [1.54, 1.807) is 13.0 Å². The van der Waals surface area contributed by atoms with E-state index in [1.807, 2.05) is 25.7 Å². The summed E-state index contributed by atoms with van der Waals surface area (Å²) in [5, 5.41) is 3.75. The molecule has 1 atom stereocenters. The number of piperidine rings is 1. The second-order valence-electron chi connectivity index (χ2n) is 8.68. The standard InChI is InChI=1S/C20H30ClN5O3/c1-13-23-15(11-16(21)24-13)18(14-5-7-22-8-6-14)26-10-9-25(12-17(26)27)19(28)29-20(2,3)4/h11,14,18,22H,5-10,12H2,1-4H3. The molecular formula is C20H30ClN5O3. The smallest absolute Gasteiger partial charge is 0.410 e. The molecule has 0 saturated carbocycles. The molecule has 2 saturated heterocycles. The van der Waals surface area contributed by atoms with E-state index in [0.717, 1.165) is 31.6 Å². The number of halogens is 1. The molecule has 0 radical (unpaired) electrons. The second kappa shape index (κ2) is 8.83. The van der Waals surface area contributed by atoms with Crippen LogP contribution in [0, 0.1) is 12.8 Å². The molecule has 2 fully saturated rings. The molecule has 2 aliphatic rings. The van der Waals surface area contributed by atoms with Gasteiger partial charge in [-0.25, -0.2) is 14.8 Å². The number of aryl methyl sites for hydroxylation is 1. The third-order valence-corrected chi connectivity index (χ3v) is 5.40. The first kappa shape index (κ1) is 21.8. The summed E-state index contributed by atoms with van der Waals surface area (Å²) in [6, 6.07) is 1.58. The second-order valence-corrected chi connectivity index (χ2v) is 9.07. The Balaban J connectivity index is 1.81. The average Bonchev–Trinajstić information content (AvgIpc) is 2.62. The maximum atomic E-state index is 13.1. The summed E-state index contributed by atoms with van der Waals surface area (Å²) in [7, 11) is 0. The summed E-state index contributed by atoms with van der Waals surface area (Å²) in [4.78, 5) is 37.6. The Labute approximate surface area is 177 Å². The Morgan fingerprint density at radius 2 is 1.97 bits per heavy atom. The fourth-order valence-electron chi connectivity index (χ4n) is 3.98. The molecule has 3 heterocycles. The van der Waals surface area contributed by atoms with Gasteiger partial charge in [0, 0.05) is 13.1 Å². The molecule has 3 rings (SSSR count). The number of ether oxygens (including phenoxy) is 1. The van der Waals surface area contributed by atoms with Gasteiger partial charge in [0.2, 0.25) is 5.91 Å². The number of carbonyl (C=O) groups excluding carboxylic acids is 2. The first-order chi connectivity index (χ1) is 13.6. The molecule has 1 N–H and O–H groups in total. The average molecular weight is 424 g/mol. The SMILES string of the molecule is Cc1nc(Cl)cc(C(C2CCNCC2)N2CCN(C(=O)OC(C)(C)C)CC2=O)n1. The van der Waals surface area contributed by atoms with E-state index >= 15 is 0 Å². The minimum absolute atomic E-state index is 0.00812. The minimum Gasteiger partial charge on any atom is -0.444 e. The third kappa shape index (κ3) is 5.57. The predicted octanol–water partition coefficient (Wildman–Crippen LogP) is 2.56. The van der Waals surface area contributed by atoms with Crippen molar-refractivity contribution in [1.29, 1.82) is 0 Å². The molecule has 0 aliphatic carbocycles. The van der Waals surface area contributed by atoms with Crippen LogP contribution < -0.4 is 5.32 Å². The first-order valence-corrected chi connectivity index (χ1v) is 10.5. The lowest BCUT2D eigenvalue weighted by Gasteiger charge is -2.43. The first-order valence-electron chi connectivity index (χ1n) is 10.1. The van der Waals surface area contributed by atoms with Gasteiger partial charge in [0.15, 0.2) is 0 Å². The maximum Gasteiger partial charge on any atom is 0.410 e. The summed E-state index contributed by atoms with van der Waals surface area (Å²) < 4.78 is 5.42. The van der Waals surface area contributed by atoms with E-state index in [2.05, 4.69) is 15.3 Å². The Morgan fingerprint density at radius 3 is 2.55 bits per heavy atom. The lowest BCUT2D eigenvalue weighted by molar-refractivity contribution is -0.140. The van der Waals surface area contributed by atoms with Gasteiger partial charge in [0.1, 0.15) is 23.1 Å². The monoisotopic (exact) mass is 423 g/mol. The highest BCUT2D eigenvalue weighted by Crippen LogP contribution is 2.35.